The van der Waals surface area contributed by atoms with Crippen molar-refractivity contribution < 1.29 is 8.42 Å². The molecule has 1 saturated heterocycles. The monoisotopic (exact) mass is 326 g/mol. The van der Waals surface area contributed by atoms with Gasteiger partial charge in [0.15, 0.2) is 0 Å². The highest BCUT2D eigenvalue weighted by Gasteiger charge is 2.25. The van der Waals surface area contributed by atoms with Crippen molar-refractivity contribution >= 4 is 10.2 Å². The molecule has 1 fully saturated rings. The highest BCUT2D eigenvalue weighted by molar-refractivity contribution is 7.87. The van der Waals surface area contributed by atoms with Crippen LogP contribution in [0.5, 0.6) is 0 Å². The Morgan fingerprint density at radius 3 is 2.32 bits per heavy atom. The molecule has 2 rings (SSSR count). The molecule has 0 amide bonds. The van der Waals surface area contributed by atoms with E-state index in [1.54, 1.807) is 6.92 Å². The Morgan fingerprint density at radius 1 is 1.09 bits per heavy atom. The summed E-state index contributed by atoms with van der Waals surface area (Å²) in [7, 11) is -1.31. The van der Waals surface area contributed by atoms with Crippen LogP contribution in [-0.4, -0.2) is 64.5 Å². The first-order chi connectivity index (χ1) is 10.5. The highest BCUT2D eigenvalue weighted by atomic mass is 32.2. The molecule has 124 valence electrons. The van der Waals surface area contributed by atoms with Crippen LogP contribution in [0.4, 0.5) is 0 Å². The fourth-order valence-electron chi connectivity index (χ4n) is 2.70. The summed E-state index contributed by atoms with van der Waals surface area (Å²) in [5, 5.41) is 0. The predicted molar refractivity (Wildman–Crippen MR) is 88.9 cm³/mol. The fraction of sp³-hybridized carbons (Fsp3) is 0.600. The second-order valence-electron chi connectivity index (χ2n) is 5.62. The number of rotatable bonds is 7. The summed E-state index contributed by atoms with van der Waals surface area (Å²) in [5.74, 6) is 0. The molecular formula is C15H26N4O2S. The number of hydrogen-bond donors (Lipinski definition) is 2. The molecule has 6 nitrogen and oxygen atoms in total. The molecule has 0 aromatic heterocycles. The van der Waals surface area contributed by atoms with Crippen LogP contribution in [0.3, 0.4) is 0 Å². The molecule has 0 saturated carbocycles. The first-order valence-electron chi connectivity index (χ1n) is 7.73. The van der Waals surface area contributed by atoms with Gasteiger partial charge in [-0.2, -0.15) is 8.42 Å². The first-order valence-corrected chi connectivity index (χ1v) is 9.22. The molecule has 0 aliphatic carbocycles. The average Bonchev–Trinajstić information content (AvgIpc) is 2.50. The minimum absolute atomic E-state index is 0.0586. The number of likely N-dealkylation sites (N-methyl/N-ethyl adjacent to an activating group) is 1. The number of nitrogens with zero attached hydrogens (tertiary/aromatic N) is 2. The van der Waals surface area contributed by atoms with Gasteiger partial charge in [0.1, 0.15) is 0 Å². The number of hydrogen-bond acceptors (Lipinski definition) is 4. The van der Waals surface area contributed by atoms with E-state index in [4.69, 9.17) is 0 Å². The number of nitrogens with one attached hydrogen (secondary N) is 2. The summed E-state index contributed by atoms with van der Waals surface area (Å²) in [6.07, 6.45) is 0. The quantitative estimate of drug-likeness (QED) is 0.762. The molecule has 2 N–H and O–H groups in total. The molecule has 1 heterocycles. The topological polar surface area (TPSA) is 64.7 Å². The molecule has 1 unspecified atom stereocenters. The maximum atomic E-state index is 11.9. The van der Waals surface area contributed by atoms with Gasteiger partial charge in [0.25, 0.3) is 10.2 Å². The molecule has 1 aromatic carbocycles. The summed E-state index contributed by atoms with van der Waals surface area (Å²) in [6, 6.07) is 10.2. The molecule has 1 aromatic rings. The Labute approximate surface area is 133 Å². The lowest BCUT2D eigenvalue weighted by atomic mass is 10.0. The molecule has 1 aliphatic heterocycles. The molecule has 0 radical (unpaired) electrons. The Hall–Kier alpha value is -0.990. The zero-order chi connectivity index (χ0) is 16.0. The minimum atomic E-state index is -3.42. The van der Waals surface area contributed by atoms with Crippen molar-refractivity contribution in [3.63, 3.8) is 0 Å². The van der Waals surface area contributed by atoms with Crippen LogP contribution in [0.2, 0.25) is 0 Å². The van der Waals surface area contributed by atoms with Gasteiger partial charge in [-0.3, -0.25) is 4.90 Å². The van der Waals surface area contributed by atoms with Gasteiger partial charge in [-0.15, -0.1) is 0 Å². The van der Waals surface area contributed by atoms with Crippen LogP contribution in [0, 0.1) is 0 Å². The smallest absolute Gasteiger partial charge is 0.276 e. The third kappa shape index (κ3) is 5.03. The third-order valence-electron chi connectivity index (χ3n) is 3.96. The zero-order valence-corrected chi connectivity index (χ0v) is 14.1. The molecule has 0 spiro atoms. The Morgan fingerprint density at radius 2 is 1.73 bits per heavy atom. The average molecular weight is 326 g/mol. The van der Waals surface area contributed by atoms with Crippen LogP contribution < -0.4 is 9.44 Å². The second kappa shape index (κ2) is 8.03. The van der Waals surface area contributed by atoms with E-state index in [2.05, 4.69) is 38.4 Å². The minimum Gasteiger partial charge on any atom is -0.304 e. The van der Waals surface area contributed by atoms with Crippen LogP contribution >= 0.6 is 0 Å². The van der Waals surface area contributed by atoms with E-state index >= 15 is 0 Å². The largest absolute Gasteiger partial charge is 0.304 e. The fourth-order valence-corrected chi connectivity index (χ4v) is 3.56. The van der Waals surface area contributed by atoms with Crippen LogP contribution in [-0.2, 0) is 10.2 Å². The standard InChI is InChI=1S/C15H26N4O2S/c1-3-16-22(20,21)17-13-15(14-7-5-4-6-8-14)19-11-9-18(2)10-12-19/h4-8,15-17H,3,9-13H2,1-2H3. The summed E-state index contributed by atoms with van der Waals surface area (Å²) in [6.45, 7) is 6.43. The second-order valence-corrected chi connectivity index (χ2v) is 7.20. The number of benzene rings is 1. The van der Waals surface area contributed by atoms with Crippen LogP contribution in [0.1, 0.15) is 18.5 Å². The molecule has 22 heavy (non-hydrogen) atoms. The third-order valence-corrected chi connectivity index (χ3v) is 5.18. The van der Waals surface area contributed by atoms with Crippen molar-refractivity contribution in [2.24, 2.45) is 0 Å². The summed E-state index contributed by atoms with van der Waals surface area (Å²) in [4.78, 5) is 4.64. The van der Waals surface area contributed by atoms with Crippen LogP contribution in [0.25, 0.3) is 0 Å². The van der Waals surface area contributed by atoms with Gasteiger partial charge >= 0.3 is 0 Å². The van der Waals surface area contributed by atoms with E-state index in [0.717, 1.165) is 31.7 Å². The van der Waals surface area contributed by atoms with Gasteiger partial charge in [0, 0.05) is 45.3 Å². The Balaban J connectivity index is 2.09. The summed E-state index contributed by atoms with van der Waals surface area (Å²) in [5.41, 5.74) is 1.14. The van der Waals surface area contributed by atoms with Gasteiger partial charge in [0.05, 0.1) is 0 Å². The normalized spacial score (nSPS) is 19.2. The van der Waals surface area contributed by atoms with Crippen molar-refractivity contribution in [3.05, 3.63) is 35.9 Å². The van der Waals surface area contributed by atoms with Gasteiger partial charge < -0.3 is 4.90 Å². The molecule has 1 atom stereocenters. The maximum absolute atomic E-state index is 11.9. The molecular weight excluding hydrogens is 300 g/mol. The molecule has 0 bridgehead atoms. The van der Waals surface area contributed by atoms with Gasteiger partial charge in [-0.25, -0.2) is 9.44 Å². The first kappa shape index (κ1) is 17.4. The van der Waals surface area contributed by atoms with Crippen molar-refractivity contribution in [2.45, 2.75) is 13.0 Å². The lowest BCUT2D eigenvalue weighted by molar-refractivity contribution is 0.113. The molecule has 1 aliphatic rings. The van der Waals surface area contributed by atoms with E-state index in [0.29, 0.717) is 13.1 Å². The predicted octanol–water partition coefficient (Wildman–Crippen LogP) is 0.419. The lowest BCUT2D eigenvalue weighted by Crippen LogP contribution is -2.49. The van der Waals surface area contributed by atoms with Gasteiger partial charge in [-0.1, -0.05) is 37.3 Å². The van der Waals surface area contributed by atoms with E-state index < -0.39 is 10.2 Å². The Kier molecular flexibility index (Phi) is 6.34. The Bertz CT molecular complexity index is 542. The number of piperazine rings is 1. The van der Waals surface area contributed by atoms with E-state index in [-0.39, 0.29) is 6.04 Å². The maximum Gasteiger partial charge on any atom is 0.276 e. The van der Waals surface area contributed by atoms with E-state index in [1.807, 2.05) is 18.2 Å². The highest BCUT2D eigenvalue weighted by Crippen LogP contribution is 2.21. The van der Waals surface area contributed by atoms with Gasteiger partial charge in [-0.05, 0) is 12.6 Å². The van der Waals surface area contributed by atoms with E-state index in [9.17, 15) is 8.42 Å². The van der Waals surface area contributed by atoms with Crippen LogP contribution in [0.15, 0.2) is 30.3 Å². The van der Waals surface area contributed by atoms with E-state index in [1.165, 1.54) is 0 Å². The molecule has 7 heteroatoms. The SMILES string of the molecule is CCNS(=O)(=O)NCC(c1ccccc1)N1CCN(C)CC1. The van der Waals surface area contributed by atoms with Crippen molar-refractivity contribution in [2.75, 3.05) is 46.3 Å². The summed E-state index contributed by atoms with van der Waals surface area (Å²) >= 11 is 0. The van der Waals surface area contributed by atoms with Crippen molar-refractivity contribution in [3.8, 4) is 0 Å². The van der Waals surface area contributed by atoms with Crippen molar-refractivity contribution in [1.29, 1.82) is 0 Å². The zero-order valence-electron chi connectivity index (χ0n) is 13.3. The lowest BCUT2D eigenvalue weighted by Gasteiger charge is -2.38. The summed E-state index contributed by atoms with van der Waals surface area (Å²) < 4.78 is 28.9. The van der Waals surface area contributed by atoms with Gasteiger partial charge in [0.2, 0.25) is 0 Å². The van der Waals surface area contributed by atoms with Crippen molar-refractivity contribution in [1.82, 2.24) is 19.2 Å².